The highest BCUT2D eigenvalue weighted by molar-refractivity contribution is 6.31. The molecule has 1 saturated heterocycles. The van der Waals surface area contributed by atoms with Crippen molar-refractivity contribution in [1.29, 1.82) is 0 Å². The number of hydrogen-bond acceptors (Lipinski definition) is 3. The largest absolute Gasteiger partial charge is 0.481 e. The van der Waals surface area contributed by atoms with Crippen molar-refractivity contribution in [2.24, 2.45) is 0 Å². The number of carboxylic acid groups (broad SMARTS) is 1. The molecule has 22 heavy (non-hydrogen) atoms. The van der Waals surface area contributed by atoms with Crippen LogP contribution in [0.2, 0.25) is 5.02 Å². The summed E-state index contributed by atoms with van der Waals surface area (Å²) >= 11 is 6.15. The third kappa shape index (κ3) is 3.99. The number of carbonyl (C=O) groups excluding carboxylic acids is 1. The molecule has 1 heterocycles. The fourth-order valence-electron chi connectivity index (χ4n) is 2.81. The van der Waals surface area contributed by atoms with Gasteiger partial charge in [-0.15, -0.1) is 0 Å². The molecule has 2 rings (SSSR count). The van der Waals surface area contributed by atoms with Crippen molar-refractivity contribution in [3.63, 3.8) is 0 Å². The first-order valence-electron chi connectivity index (χ1n) is 7.51. The Morgan fingerprint density at radius 2 is 2.09 bits per heavy atom. The molecule has 1 fully saturated rings. The van der Waals surface area contributed by atoms with Crippen molar-refractivity contribution < 1.29 is 14.7 Å². The highest BCUT2D eigenvalue weighted by Gasteiger charge is 2.35. The number of aliphatic carboxylic acids is 1. The van der Waals surface area contributed by atoms with Crippen LogP contribution in [0.25, 0.3) is 0 Å². The van der Waals surface area contributed by atoms with Gasteiger partial charge in [-0.2, -0.15) is 0 Å². The maximum absolute atomic E-state index is 12.6. The third-order valence-electron chi connectivity index (χ3n) is 3.89. The lowest BCUT2D eigenvalue weighted by Gasteiger charge is -2.40. The number of benzene rings is 1. The first kappa shape index (κ1) is 16.8. The van der Waals surface area contributed by atoms with Crippen molar-refractivity contribution >= 4 is 23.5 Å². The molecular formula is C16H21ClN2O3. The summed E-state index contributed by atoms with van der Waals surface area (Å²) in [6.45, 7) is 4.48. The molecule has 0 spiro atoms. The van der Waals surface area contributed by atoms with Crippen LogP contribution in [0.1, 0.15) is 25.3 Å². The Hall–Kier alpha value is -1.59. The van der Waals surface area contributed by atoms with Crippen LogP contribution in [0.4, 0.5) is 0 Å². The molecule has 1 N–H and O–H groups in total. The summed E-state index contributed by atoms with van der Waals surface area (Å²) in [6.07, 6.45) is 0.742. The Morgan fingerprint density at radius 1 is 1.36 bits per heavy atom. The molecule has 0 aliphatic carbocycles. The van der Waals surface area contributed by atoms with Crippen molar-refractivity contribution in [2.75, 3.05) is 19.6 Å². The molecular weight excluding hydrogens is 304 g/mol. The lowest BCUT2D eigenvalue weighted by molar-refractivity contribution is -0.149. The van der Waals surface area contributed by atoms with Gasteiger partial charge in [0.15, 0.2) is 0 Å². The van der Waals surface area contributed by atoms with E-state index in [0.29, 0.717) is 24.7 Å². The maximum atomic E-state index is 12.6. The van der Waals surface area contributed by atoms with Gasteiger partial charge in [0.05, 0.1) is 12.5 Å². The van der Waals surface area contributed by atoms with E-state index in [0.717, 1.165) is 18.5 Å². The van der Waals surface area contributed by atoms with E-state index >= 15 is 0 Å². The van der Waals surface area contributed by atoms with E-state index in [9.17, 15) is 9.59 Å². The molecule has 0 saturated carbocycles. The fraction of sp³-hybridized carbons (Fsp3) is 0.500. The van der Waals surface area contributed by atoms with Gasteiger partial charge in [0.2, 0.25) is 5.91 Å². The van der Waals surface area contributed by atoms with Gasteiger partial charge in [0.1, 0.15) is 0 Å². The van der Waals surface area contributed by atoms with Crippen LogP contribution in [0, 0.1) is 0 Å². The topological polar surface area (TPSA) is 60.9 Å². The number of amides is 1. The predicted molar refractivity (Wildman–Crippen MR) is 84.8 cm³/mol. The standard InChI is InChI=1S/C16H21ClN2O3/c1-2-7-18-8-9-19(16(22)14(18)10-15(20)21)11-12-5-3-4-6-13(12)17/h3-6,14H,2,7-11H2,1H3,(H,20,21). The zero-order chi connectivity index (χ0) is 16.1. The third-order valence-corrected chi connectivity index (χ3v) is 4.26. The van der Waals surface area contributed by atoms with E-state index in [-0.39, 0.29) is 12.3 Å². The smallest absolute Gasteiger partial charge is 0.305 e. The van der Waals surface area contributed by atoms with E-state index in [1.165, 1.54) is 0 Å². The van der Waals surface area contributed by atoms with Gasteiger partial charge in [-0.1, -0.05) is 36.7 Å². The second-order valence-electron chi connectivity index (χ2n) is 5.50. The second-order valence-corrected chi connectivity index (χ2v) is 5.91. The van der Waals surface area contributed by atoms with Crippen molar-refractivity contribution in [3.05, 3.63) is 34.9 Å². The minimum Gasteiger partial charge on any atom is -0.481 e. The van der Waals surface area contributed by atoms with Crippen LogP contribution in [-0.2, 0) is 16.1 Å². The maximum Gasteiger partial charge on any atom is 0.305 e. The summed E-state index contributed by atoms with van der Waals surface area (Å²) in [5.41, 5.74) is 0.885. The molecule has 120 valence electrons. The summed E-state index contributed by atoms with van der Waals surface area (Å²) < 4.78 is 0. The van der Waals surface area contributed by atoms with E-state index < -0.39 is 12.0 Å². The van der Waals surface area contributed by atoms with Gasteiger partial charge in [-0.25, -0.2) is 0 Å². The van der Waals surface area contributed by atoms with Crippen LogP contribution in [0.15, 0.2) is 24.3 Å². The average molecular weight is 325 g/mol. The first-order valence-corrected chi connectivity index (χ1v) is 7.88. The second kappa shape index (κ2) is 7.61. The summed E-state index contributed by atoms with van der Waals surface area (Å²) in [7, 11) is 0. The molecule has 1 atom stereocenters. The van der Waals surface area contributed by atoms with Gasteiger partial charge >= 0.3 is 5.97 Å². The summed E-state index contributed by atoms with van der Waals surface area (Å²) in [5, 5.41) is 9.70. The molecule has 0 radical (unpaired) electrons. The minimum absolute atomic E-state index is 0.123. The number of nitrogens with zero attached hydrogens (tertiary/aromatic N) is 2. The molecule has 1 unspecified atom stereocenters. The molecule has 1 amide bonds. The molecule has 5 nitrogen and oxygen atoms in total. The van der Waals surface area contributed by atoms with Gasteiger partial charge in [0.25, 0.3) is 0 Å². The number of carbonyl (C=O) groups is 2. The Kier molecular flexibility index (Phi) is 5.80. The molecule has 1 aliphatic heterocycles. The number of piperazine rings is 1. The molecule has 1 aliphatic rings. The Morgan fingerprint density at radius 3 is 2.73 bits per heavy atom. The average Bonchev–Trinajstić information content (AvgIpc) is 2.47. The van der Waals surface area contributed by atoms with Crippen LogP contribution < -0.4 is 0 Å². The Balaban J connectivity index is 2.12. The molecule has 6 heteroatoms. The zero-order valence-corrected chi connectivity index (χ0v) is 13.4. The monoisotopic (exact) mass is 324 g/mol. The lowest BCUT2D eigenvalue weighted by Crippen LogP contribution is -2.57. The number of hydrogen-bond donors (Lipinski definition) is 1. The van der Waals surface area contributed by atoms with Crippen molar-refractivity contribution in [2.45, 2.75) is 32.4 Å². The normalized spacial score (nSPS) is 19.5. The van der Waals surface area contributed by atoms with Crippen LogP contribution in [0.3, 0.4) is 0 Å². The molecule has 1 aromatic rings. The summed E-state index contributed by atoms with van der Waals surface area (Å²) in [4.78, 5) is 27.4. The van der Waals surface area contributed by atoms with Gasteiger partial charge in [-0.3, -0.25) is 14.5 Å². The first-order chi connectivity index (χ1) is 10.5. The van der Waals surface area contributed by atoms with Crippen LogP contribution in [-0.4, -0.2) is 52.5 Å². The van der Waals surface area contributed by atoms with Crippen molar-refractivity contribution in [3.8, 4) is 0 Å². The van der Waals surface area contributed by atoms with Crippen LogP contribution >= 0.6 is 11.6 Å². The highest BCUT2D eigenvalue weighted by atomic mass is 35.5. The highest BCUT2D eigenvalue weighted by Crippen LogP contribution is 2.21. The number of rotatable bonds is 6. The zero-order valence-electron chi connectivity index (χ0n) is 12.7. The van der Waals surface area contributed by atoms with Gasteiger partial charge < -0.3 is 10.0 Å². The SMILES string of the molecule is CCCN1CCN(Cc2ccccc2Cl)C(=O)C1CC(=O)O. The number of halogens is 1. The minimum atomic E-state index is -0.945. The van der Waals surface area contributed by atoms with E-state index in [2.05, 4.69) is 0 Å². The van der Waals surface area contributed by atoms with Gasteiger partial charge in [0, 0.05) is 24.7 Å². The Labute approximate surface area is 135 Å². The van der Waals surface area contributed by atoms with Crippen LogP contribution in [0.5, 0.6) is 0 Å². The van der Waals surface area contributed by atoms with E-state index in [4.69, 9.17) is 16.7 Å². The van der Waals surface area contributed by atoms with E-state index in [1.807, 2.05) is 30.0 Å². The summed E-state index contributed by atoms with van der Waals surface area (Å²) in [5.74, 6) is -1.07. The number of carboxylic acids is 1. The predicted octanol–water partition coefficient (Wildman–Crippen LogP) is 2.24. The quantitative estimate of drug-likeness (QED) is 0.871. The molecule has 0 aromatic heterocycles. The lowest BCUT2D eigenvalue weighted by atomic mass is 10.1. The summed E-state index contributed by atoms with van der Waals surface area (Å²) in [6, 6.07) is 6.84. The molecule has 0 bridgehead atoms. The van der Waals surface area contributed by atoms with Crippen molar-refractivity contribution in [1.82, 2.24) is 9.80 Å². The molecule has 1 aromatic carbocycles. The fourth-order valence-corrected chi connectivity index (χ4v) is 3.00. The Bertz CT molecular complexity index is 550. The van der Waals surface area contributed by atoms with E-state index in [1.54, 1.807) is 11.0 Å². The van der Waals surface area contributed by atoms with Gasteiger partial charge in [-0.05, 0) is 24.6 Å².